The number of rotatable bonds is 6. The Kier molecular flexibility index (Phi) is 5.55. The summed E-state index contributed by atoms with van der Waals surface area (Å²) in [6.45, 7) is 2.21. The van der Waals surface area contributed by atoms with Crippen LogP contribution in [-0.4, -0.2) is 52.2 Å². The maximum Gasteiger partial charge on any atom is 0.316 e. The maximum absolute atomic E-state index is 13.5. The van der Waals surface area contributed by atoms with Crippen LogP contribution in [0.5, 0.6) is 6.01 Å². The zero-order valence-corrected chi connectivity index (χ0v) is 18.3. The number of imidazole rings is 1. The third-order valence-corrected chi connectivity index (χ3v) is 5.70. The molecule has 2 N–H and O–H groups in total. The van der Waals surface area contributed by atoms with Gasteiger partial charge in [0, 0.05) is 17.8 Å². The summed E-state index contributed by atoms with van der Waals surface area (Å²) in [5, 5.41) is 3.01. The molecule has 1 saturated heterocycles. The second-order valence-corrected chi connectivity index (χ2v) is 8.54. The Morgan fingerprint density at radius 3 is 2.58 bits per heavy atom. The number of aromatic amines is 1. The van der Waals surface area contributed by atoms with Crippen molar-refractivity contribution in [2.75, 3.05) is 20.3 Å². The van der Waals surface area contributed by atoms with Gasteiger partial charge in [-0.2, -0.15) is 4.98 Å². The van der Waals surface area contributed by atoms with Gasteiger partial charge in [0.15, 0.2) is 5.82 Å². The molecule has 3 aromatic rings. The number of aromatic nitrogens is 4. The van der Waals surface area contributed by atoms with E-state index >= 15 is 0 Å². The molecule has 1 aliphatic heterocycles. The molecule has 33 heavy (non-hydrogen) atoms. The first-order valence-corrected chi connectivity index (χ1v) is 10.7. The second-order valence-electron chi connectivity index (χ2n) is 8.54. The quantitative estimate of drug-likeness (QED) is 0.590. The molecule has 0 bridgehead atoms. The van der Waals surface area contributed by atoms with Crippen LogP contribution in [0.4, 0.5) is 4.39 Å². The molecule has 2 aliphatic rings. The van der Waals surface area contributed by atoms with E-state index in [0.717, 1.165) is 12.8 Å². The minimum atomic E-state index is -0.788. The van der Waals surface area contributed by atoms with Crippen LogP contribution >= 0.6 is 0 Å². The number of nitrogens with zero attached hydrogens (tertiary/aromatic N) is 3. The molecule has 1 amide bonds. The summed E-state index contributed by atoms with van der Waals surface area (Å²) in [7, 11) is 1.48. The number of nitrogens with one attached hydrogen (secondary N) is 2. The van der Waals surface area contributed by atoms with E-state index in [1.165, 1.54) is 19.2 Å². The second kappa shape index (κ2) is 8.53. The molecule has 0 radical (unpaired) electrons. The summed E-state index contributed by atoms with van der Waals surface area (Å²) in [6, 6.07) is 8.20. The number of hydrogen-bond donors (Lipinski definition) is 2. The zero-order valence-electron chi connectivity index (χ0n) is 18.3. The molecule has 1 aliphatic carbocycles. The Morgan fingerprint density at radius 2 is 1.91 bits per heavy atom. The van der Waals surface area contributed by atoms with E-state index in [9.17, 15) is 9.18 Å². The van der Waals surface area contributed by atoms with Gasteiger partial charge in [-0.3, -0.25) is 4.79 Å². The average Bonchev–Trinajstić information content (AvgIpc) is 3.54. The summed E-state index contributed by atoms with van der Waals surface area (Å²) in [6.07, 6.45) is 2.82. The maximum atomic E-state index is 13.5. The number of hydrogen-bond acceptors (Lipinski definition) is 7. The number of H-pyrrole nitrogens is 1. The summed E-state index contributed by atoms with van der Waals surface area (Å²) in [4.78, 5) is 28.9. The lowest BCUT2D eigenvalue weighted by molar-refractivity contribution is -0.231. The van der Waals surface area contributed by atoms with Gasteiger partial charge >= 0.3 is 6.01 Å². The van der Waals surface area contributed by atoms with Crippen molar-refractivity contribution >= 4 is 5.91 Å². The molecule has 2 fully saturated rings. The summed E-state index contributed by atoms with van der Waals surface area (Å²) >= 11 is 0. The summed E-state index contributed by atoms with van der Waals surface area (Å²) in [5.41, 5.74) is 1.61. The molecule has 0 unspecified atom stereocenters. The van der Waals surface area contributed by atoms with Gasteiger partial charge in [-0.1, -0.05) is 0 Å². The standard InChI is InChI=1S/C23H24FN5O4/c1-23(21(30)26-15-7-8-15)11-32-20(33-12-23)19-28-17(13-3-5-14(24)6-4-13)18(29-19)16-9-10-25-22(27-16)31-2/h3-6,9-10,15,20H,7-8,11-12H2,1-2H3,(H,26,30)(H,28,29). The third-order valence-electron chi connectivity index (χ3n) is 5.70. The van der Waals surface area contributed by atoms with Gasteiger partial charge in [0.2, 0.25) is 12.2 Å². The van der Waals surface area contributed by atoms with Crippen LogP contribution in [0.3, 0.4) is 0 Å². The third kappa shape index (κ3) is 4.44. The number of amides is 1. The fourth-order valence-corrected chi connectivity index (χ4v) is 3.57. The SMILES string of the molecule is COc1nccc(-c2[nH]c(C3OCC(C)(C(=O)NC4CC4)CO3)nc2-c2ccc(F)cc2)n1. The predicted molar refractivity (Wildman–Crippen MR) is 115 cm³/mol. The first-order chi connectivity index (χ1) is 15.9. The van der Waals surface area contributed by atoms with Gasteiger partial charge in [-0.25, -0.2) is 14.4 Å². The topological polar surface area (TPSA) is 111 Å². The number of benzene rings is 1. The van der Waals surface area contributed by atoms with E-state index in [-0.39, 0.29) is 37.0 Å². The van der Waals surface area contributed by atoms with Crippen molar-refractivity contribution in [3.05, 3.63) is 48.2 Å². The number of carbonyl (C=O) groups is 1. The highest BCUT2D eigenvalue weighted by atomic mass is 19.1. The van der Waals surface area contributed by atoms with Crippen LogP contribution < -0.4 is 10.1 Å². The fourth-order valence-electron chi connectivity index (χ4n) is 3.57. The summed E-state index contributed by atoms with van der Waals surface area (Å²) in [5.74, 6) is 0.0118. The Labute approximate surface area is 189 Å². The van der Waals surface area contributed by atoms with Gasteiger partial charge in [-0.15, -0.1) is 0 Å². The Morgan fingerprint density at radius 1 is 1.18 bits per heavy atom. The van der Waals surface area contributed by atoms with Crippen molar-refractivity contribution < 1.29 is 23.4 Å². The van der Waals surface area contributed by atoms with Crippen molar-refractivity contribution in [2.45, 2.75) is 32.1 Å². The van der Waals surface area contributed by atoms with Crippen LogP contribution in [0.15, 0.2) is 36.5 Å². The van der Waals surface area contributed by atoms with Crippen molar-refractivity contribution in [1.29, 1.82) is 0 Å². The lowest BCUT2D eigenvalue weighted by Gasteiger charge is -2.35. The van der Waals surface area contributed by atoms with E-state index in [2.05, 4.69) is 25.3 Å². The molecule has 10 heteroatoms. The van der Waals surface area contributed by atoms with E-state index in [4.69, 9.17) is 14.2 Å². The van der Waals surface area contributed by atoms with E-state index in [0.29, 0.717) is 28.5 Å². The molecule has 172 valence electrons. The molecular formula is C23H24FN5O4. The van der Waals surface area contributed by atoms with Gasteiger partial charge in [0.05, 0.1) is 42.8 Å². The monoisotopic (exact) mass is 453 g/mol. The van der Waals surface area contributed by atoms with Crippen molar-refractivity contribution in [2.24, 2.45) is 5.41 Å². The van der Waals surface area contributed by atoms with Crippen LogP contribution in [0.2, 0.25) is 0 Å². The van der Waals surface area contributed by atoms with Gasteiger partial charge in [-0.05, 0) is 50.1 Å². The van der Waals surface area contributed by atoms with E-state index in [1.54, 1.807) is 24.4 Å². The number of halogens is 1. The highest BCUT2D eigenvalue weighted by Crippen LogP contribution is 2.36. The van der Waals surface area contributed by atoms with Crippen LogP contribution in [0, 0.1) is 11.2 Å². The normalized spacial score (nSPS) is 22.7. The molecular weight excluding hydrogens is 429 g/mol. The predicted octanol–water partition coefficient (Wildman–Crippen LogP) is 3.01. The van der Waals surface area contributed by atoms with Crippen LogP contribution in [-0.2, 0) is 14.3 Å². The molecule has 0 spiro atoms. The Bertz CT molecular complexity index is 1150. The molecule has 0 atom stereocenters. The minimum absolute atomic E-state index is 0.0661. The molecule has 2 aromatic heterocycles. The molecule has 5 rings (SSSR count). The molecule has 1 aromatic carbocycles. The lowest BCUT2D eigenvalue weighted by Crippen LogP contribution is -2.49. The fraction of sp³-hybridized carbons (Fsp3) is 0.391. The highest BCUT2D eigenvalue weighted by Gasteiger charge is 2.42. The van der Waals surface area contributed by atoms with Gasteiger partial charge in [0.1, 0.15) is 5.82 Å². The van der Waals surface area contributed by atoms with Crippen molar-refractivity contribution in [3.8, 4) is 28.7 Å². The summed E-state index contributed by atoms with van der Waals surface area (Å²) < 4.78 is 30.5. The zero-order chi connectivity index (χ0) is 23.0. The lowest BCUT2D eigenvalue weighted by atomic mass is 9.91. The van der Waals surface area contributed by atoms with Gasteiger partial charge in [0.25, 0.3) is 0 Å². The van der Waals surface area contributed by atoms with E-state index in [1.807, 2.05) is 6.92 Å². The smallest absolute Gasteiger partial charge is 0.316 e. The molecule has 9 nitrogen and oxygen atoms in total. The molecule has 1 saturated carbocycles. The van der Waals surface area contributed by atoms with Crippen LogP contribution in [0.1, 0.15) is 31.9 Å². The highest BCUT2D eigenvalue weighted by molar-refractivity contribution is 5.83. The first kappa shape index (κ1) is 21.5. The number of ether oxygens (including phenoxy) is 3. The number of carbonyl (C=O) groups excluding carboxylic acids is 1. The minimum Gasteiger partial charge on any atom is -0.467 e. The Balaban J connectivity index is 1.43. The largest absolute Gasteiger partial charge is 0.467 e. The van der Waals surface area contributed by atoms with Crippen LogP contribution in [0.25, 0.3) is 22.6 Å². The molecule has 3 heterocycles. The average molecular weight is 453 g/mol. The van der Waals surface area contributed by atoms with E-state index < -0.39 is 11.7 Å². The van der Waals surface area contributed by atoms with Gasteiger partial charge < -0.3 is 24.5 Å². The first-order valence-electron chi connectivity index (χ1n) is 10.7. The number of methoxy groups -OCH3 is 1. The Hall–Kier alpha value is -3.37. The van der Waals surface area contributed by atoms with Crippen molar-refractivity contribution in [3.63, 3.8) is 0 Å². The van der Waals surface area contributed by atoms with Crippen molar-refractivity contribution in [1.82, 2.24) is 25.3 Å².